The Bertz CT molecular complexity index is 600. The van der Waals surface area contributed by atoms with Crippen molar-refractivity contribution in [2.75, 3.05) is 19.3 Å². The third-order valence-electron chi connectivity index (χ3n) is 3.00. The molecule has 5 nitrogen and oxygen atoms in total. The van der Waals surface area contributed by atoms with E-state index in [2.05, 4.69) is 15.6 Å². The van der Waals surface area contributed by atoms with Crippen LogP contribution in [0.3, 0.4) is 0 Å². The minimum atomic E-state index is -3.14. The van der Waals surface area contributed by atoms with E-state index in [9.17, 15) is 8.42 Å². The Morgan fingerprint density at radius 1 is 1.40 bits per heavy atom. The molecule has 1 aromatic carbocycles. The van der Waals surface area contributed by atoms with Crippen molar-refractivity contribution in [2.45, 2.75) is 24.8 Å². The lowest BCUT2D eigenvalue weighted by Crippen LogP contribution is -2.40. The Morgan fingerprint density at radius 2 is 2.15 bits per heavy atom. The summed E-state index contributed by atoms with van der Waals surface area (Å²) in [5, 5.41) is 6.40. The number of nitrogens with zero attached hydrogens (tertiary/aromatic N) is 1. The fourth-order valence-electron chi connectivity index (χ4n) is 2.07. The summed E-state index contributed by atoms with van der Waals surface area (Å²) in [5.41, 5.74) is 1.82. The molecule has 0 saturated heterocycles. The molecule has 112 valence electrons. The number of benzene rings is 1. The normalized spacial score (nSPS) is 14.8. The van der Waals surface area contributed by atoms with Gasteiger partial charge in [-0.05, 0) is 30.5 Å². The zero-order valence-corrected chi connectivity index (χ0v) is 14.8. The zero-order valence-electron chi connectivity index (χ0n) is 11.6. The highest BCUT2D eigenvalue weighted by Gasteiger charge is 2.11. The summed E-state index contributed by atoms with van der Waals surface area (Å²) >= 11 is 0. The molecule has 0 atom stereocenters. The molecule has 0 spiro atoms. The molecule has 0 aromatic heterocycles. The SMILES string of the molecule is Cc1cc(CNC2=NCCCN2)ccc1S(C)(=O)=O.I. The van der Waals surface area contributed by atoms with Crippen LogP contribution in [0.1, 0.15) is 17.5 Å². The molecule has 1 aliphatic heterocycles. The van der Waals surface area contributed by atoms with Gasteiger partial charge in [-0.1, -0.05) is 12.1 Å². The first-order valence-corrected chi connectivity index (χ1v) is 8.18. The lowest BCUT2D eigenvalue weighted by molar-refractivity contribution is 0.601. The van der Waals surface area contributed by atoms with E-state index in [0.717, 1.165) is 36.6 Å². The van der Waals surface area contributed by atoms with Crippen LogP contribution in [0.15, 0.2) is 28.1 Å². The van der Waals surface area contributed by atoms with E-state index in [-0.39, 0.29) is 24.0 Å². The Hall–Kier alpha value is -0.830. The third-order valence-corrected chi connectivity index (χ3v) is 4.25. The molecule has 1 aliphatic rings. The van der Waals surface area contributed by atoms with Gasteiger partial charge in [-0.2, -0.15) is 0 Å². The van der Waals surface area contributed by atoms with Crippen LogP contribution in [0.2, 0.25) is 0 Å². The molecule has 2 rings (SSSR count). The highest BCUT2D eigenvalue weighted by molar-refractivity contribution is 14.0. The highest BCUT2D eigenvalue weighted by Crippen LogP contribution is 2.16. The first-order valence-electron chi connectivity index (χ1n) is 6.28. The Balaban J connectivity index is 0.00000200. The summed E-state index contributed by atoms with van der Waals surface area (Å²) in [5.74, 6) is 0.816. The third kappa shape index (κ3) is 4.62. The van der Waals surface area contributed by atoms with Crippen LogP contribution in [0.25, 0.3) is 0 Å². The first-order chi connectivity index (χ1) is 8.97. The molecular formula is C13H20IN3O2S. The van der Waals surface area contributed by atoms with Crippen molar-refractivity contribution in [1.82, 2.24) is 10.6 Å². The van der Waals surface area contributed by atoms with Gasteiger partial charge in [-0.3, -0.25) is 4.99 Å². The lowest BCUT2D eigenvalue weighted by atomic mass is 10.1. The second kappa shape index (κ2) is 7.26. The fourth-order valence-corrected chi connectivity index (χ4v) is 3.03. The van der Waals surface area contributed by atoms with Crippen molar-refractivity contribution in [3.63, 3.8) is 0 Å². The van der Waals surface area contributed by atoms with Gasteiger partial charge in [0.05, 0.1) is 4.90 Å². The van der Waals surface area contributed by atoms with E-state index >= 15 is 0 Å². The Morgan fingerprint density at radius 3 is 2.70 bits per heavy atom. The van der Waals surface area contributed by atoms with Crippen molar-refractivity contribution in [1.29, 1.82) is 0 Å². The van der Waals surface area contributed by atoms with Gasteiger partial charge in [0.1, 0.15) is 0 Å². The number of sulfone groups is 1. The van der Waals surface area contributed by atoms with Crippen LogP contribution in [0.5, 0.6) is 0 Å². The number of rotatable bonds is 3. The minimum Gasteiger partial charge on any atom is -0.356 e. The Kier molecular flexibility index (Phi) is 6.25. The molecule has 0 unspecified atom stereocenters. The first kappa shape index (κ1) is 17.2. The fraction of sp³-hybridized carbons (Fsp3) is 0.462. The van der Waals surface area contributed by atoms with Gasteiger partial charge < -0.3 is 10.6 Å². The number of guanidine groups is 1. The molecule has 1 heterocycles. The highest BCUT2D eigenvalue weighted by atomic mass is 127. The summed E-state index contributed by atoms with van der Waals surface area (Å²) in [4.78, 5) is 4.72. The van der Waals surface area contributed by atoms with Gasteiger partial charge in [-0.15, -0.1) is 24.0 Å². The summed E-state index contributed by atoms with van der Waals surface area (Å²) in [6.07, 6.45) is 2.29. The molecule has 0 bridgehead atoms. The van der Waals surface area contributed by atoms with Crippen LogP contribution in [0.4, 0.5) is 0 Å². The predicted octanol–water partition coefficient (Wildman–Crippen LogP) is 1.46. The van der Waals surface area contributed by atoms with E-state index in [1.807, 2.05) is 19.1 Å². The standard InChI is InChI=1S/C13H19N3O2S.HI/c1-10-8-11(4-5-12(10)19(2,17)18)9-16-13-14-6-3-7-15-13;/h4-5,8H,3,6-7,9H2,1-2H3,(H2,14,15,16);1H. The molecule has 1 aromatic rings. The van der Waals surface area contributed by atoms with E-state index < -0.39 is 9.84 Å². The molecule has 7 heteroatoms. The van der Waals surface area contributed by atoms with E-state index in [1.54, 1.807) is 6.07 Å². The molecule has 0 saturated carbocycles. The van der Waals surface area contributed by atoms with Gasteiger partial charge in [0.15, 0.2) is 15.8 Å². The van der Waals surface area contributed by atoms with Crippen LogP contribution in [-0.2, 0) is 16.4 Å². The molecule has 0 fully saturated rings. The number of halogens is 1. The van der Waals surface area contributed by atoms with Gasteiger partial charge in [-0.25, -0.2) is 8.42 Å². The maximum absolute atomic E-state index is 11.5. The van der Waals surface area contributed by atoms with Crippen LogP contribution >= 0.6 is 24.0 Å². The number of nitrogens with one attached hydrogen (secondary N) is 2. The zero-order chi connectivity index (χ0) is 13.9. The topological polar surface area (TPSA) is 70.6 Å². The second-order valence-electron chi connectivity index (χ2n) is 4.74. The lowest BCUT2D eigenvalue weighted by Gasteiger charge is -2.16. The number of hydrogen-bond donors (Lipinski definition) is 2. The quantitative estimate of drug-likeness (QED) is 0.742. The van der Waals surface area contributed by atoms with E-state index in [4.69, 9.17) is 0 Å². The second-order valence-corrected chi connectivity index (χ2v) is 6.72. The summed E-state index contributed by atoms with van der Waals surface area (Å²) in [7, 11) is -3.14. The largest absolute Gasteiger partial charge is 0.356 e. The van der Waals surface area contributed by atoms with Crippen molar-refractivity contribution >= 4 is 39.8 Å². The number of aryl methyl sites for hydroxylation is 1. The average molecular weight is 409 g/mol. The van der Waals surface area contributed by atoms with Crippen molar-refractivity contribution in [2.24, 2.45) is 4.99 Å². The van der Waals surface area contributed by atoms with Crippen LogP contribution in [-0.4, -0.2) is 33.7 Å². The Labute approximate surface area is 137 Å². The van der Waals surface area contributed by atoms with E-state index in [0.29, 0.717) is 11.4 Å². The molecule has 2 N–H and O–H groups in total. The summed E-state index contributed by atoms with van der Waals surface area (Å²) in [6.45, 7) is 4.24. The number of aliphatic imine (C=N–C) groups is 1. The maximum atomic E-state index is 11.5. The summed E-state index contributed by atoms with van der Waals surface area (Å²) < 4.78 is 23.1. The number of hydrogen-bond acceptors (Lipinski definition) is 5. The molecule has 0 radical (unpaired) electrons. The van der Waals surface area contributed by atoms with E-state index in [1.165, 1.54) is 6.26 Å². The van der Waals surface area contributed by atoms with Crippen LogP contribution < -0.4 is 10.6 Å². The van der Waals surface area contributed by atoms with Gasteiger partial charge in [0, 0.05) is 25.9 Å². The maximum Gasteiger partial charge on any atom is 0.191 e. The van der Waals surface area contributed by atoms with Crippen molar-refractivity contribution in [3.8, 4) is 0 Å². The summed E-state index contributed by atoms with van der Waals surface area (Å²) in [6, 6.07) is 5.39. The molecule has 0 amide bonds. The van der Waals surface area contributed by atoms with Gasteiger partial charge >= 0.3 is 0 Å². The van der Waals surface area contributed by atoms with Gasteiger partial charge in [0.25, 0.3) is 0 Å². The van der Waals surface area contributed by atoms with Crippen LogP contribution in [0, 0.1) is 6.92 Å². The minimum absolute atomic E-state index is 0. The van der Waals surface area contributed by atoms with Gasteiger partial charge in [0.2, 0.25) is 0 Å². The van der Waals surface area contributed by atoms with Crippen molar-refractivity contribution in [3.05, 3.63) is 29.3 Å². The van der Waals surface area contributed by atoms with Crippen molar-refractivity contribution < 1.29 is 8.42 Å². The monoisotopic (exact) mass is 409 g/mol. The molecule has 0 aliphatic carbocycles. The molecule has 20 heavy (non-hydrogen) atoms. The average Bonchev–Trinajstić information content (AvgIpc) is 2.36. The molecular weight excluding hydrogens is 389 g/mol. The smallest absolute Gasteiger partial charge is 0.191 e. The predicted molar refractivity (Wildman–Crippen MR) is 91.5 cm³/mol.